The molecule has 0 saturated heterocycles. The monoisotopic (exact) mass is 222 g/mol. The molecule has 1 aromatic rings. The van der Waals surface area contributed by atoms with Gasteiger partial charge in [0, 0.05) is 20.1 Å². The minimum absolute atomic E-state index is 0.665. The van der Waals surface area contributed by atoms with Crippen LogP contribution in [-0.4, -0.2) is 30.3 Å². The minimum Gasteiger partial charge on any atom is -0.358 e. The van der Waals surface area contributed by atoms with Crippen LogP contribution in [0.1, 0.15) is 26.5 Å². The van der Waals surface area contributed by atoms with Crippen LogP contribution in [0, 0.1) is 5.92 Å². The highest BCUT2D eigenvalue weighted by molar-refractivity contribution is 5.35. The average Bonchev–Trinajstić information content (AvgIpc) is 2.28. The number of nitrogens with one attached hydrogen (secondary N) is 1. The van der Waals surface area contributed by atoms with Gasteiger partial charge in [0.2, 0.25) is 0 Å². The Morgan fingerprint density at radius 2 is 2.06 bits per heavy atom. The molecule has 90 valence electrons. The van der Waals surface area contributed by atoms with Crippen molar-refractivity contribution < 1.29 is 0 Å². The third-order valence-electron chi connectivity index (χ3n) is 2.43. The Hall–Kier alpha value is -1.16. The fourth-order valence-electron chi connectivity index (χ4n) is 1.30. The van der Waals surface area contributed by atoms with Gasteiger partial charge < -0.3 is 10.2 Å². The molecule has 0 aliphatic heterocycles. The highest BCUT2D eigenvalue weighted by Gasteiger charge is 2.01. The molecule has 0 atom stereocenters. The maximum absolute atomic E-state index is 4.19. The maximum Gasteiger partial charge on any atom is 0.150 e. The van der Waals surface area contributed by atoms with Crippen LogP contribution in [-0.2, 0) is 6.54 Å². The lowest BCUT2D eigenvalue weighted by Gasteiger charge is -2.14. The molecule has 0 unspecified atom stereocenters. The van der Waals surface area contributed by atoms with Gasteiger partial charge in [0.05, 0.1) is 5.69 Å². The SMILES string of the molecule is CCN(C)c1ccc(CNCC(C)C)nn1. The molecule has 1 aromatic heterocycles. The zero-order chi connectivity index (χ0) is 12.0. The molecular weight excluding hydrogens is 200 g/mol. The zero-order valence-electron chi connectivity index (χ0n) is 10.7. The Labute approximate surface area is 98.1 Å². The first-order valence-corrected chi connectivity index (χ1v) is 5.88. The normalized spacial score (nSPS) is 10.8. The lowest BCUT2D eigenvalue weighted by Crippen LogP contribution is -2.21. The first-order valence-electron chi connectivity index (χ1n) is 5.88. The fourth-order valence-corrected chi connectivity index (χ4v) is 1.30. The van der Waals surface area contributed by atoms with E-state index in [-0.39, 0.29) is 0 Å². The van der Waals surface area contributed by atoms with Gasteiger partial charge in [0.1, 0.15) is 0 Å². The molecule has 1 rings (SSSR count). The lowest BCUT2D eigenvalue weighted by molar-refractivity contribution is 0.546. The van der Waals surface area contributed by atoms with Crippen molar-refractivity contribution >= 4 is 5.82 Å². The zero-order valence-corrected chi connectivity index (χ0v) is 10.7. The summed E-state index contributed by atoms with van der Waals surface area (Å²) in [6, 6.07) is 4.05. The number of rotatable bonds is 6. The summed E-state index contributed by atoms with van der Waals surface area (Å²) >= 11 is 0. The van der Waals surface area contributed by atoms with Crippen molar-refractivity contribution in [2.24, 2.45) is 5.92 Å². The number of hydrogen-bond donors (Lipinski definition) is 1. The Kier molecular flexibility index (Phi) is 5.19. The predicted molar refractivity (Wildman–Crippen MR) is 67.5 cm³/mol. The van der Waals surface area contributed by atoms with Crippen molar-refractivity contribution in [2.45, 2.75) is 27.3 Å². The van der Waals surface area contributed by atoms with E-state index in [4.69, 9.17) is 0 Å². The van der Waals surface area contributed by atoms with E-state index >= 15 is 0 Å². The quantitative estimate of drug-likeness (QED) is 0.795. The van der Waals surface area contributed by atoms with Crippen LogP contribution >= 0.6 is 0 Å². The van der Waals surface area contributed by atoms with E-state index in [1.807, 2.05) is 19.2 Å². The first kappa shape index (κ1) is 12.9. The van der Waals surface area contributed by atoms with Crippen molar-refractivity contribution in [1.29, 1.82) is 0 Å². The van der Waals surface area contributed by atoms with Crippen molar-refractivity contribution in [3.8, 4) is 0 Å². The maximum atomic E-state index is 4.19. The standard InChI is InChI=1S/C12H22N4/c1-5-16(4)12-7-6-11(14-15-12)9-13-8-10(2)3/h6-7,10,13H,5,8-9H2,1-4H3. The summed E-state index contributed by atoms with van der Waals surface area (Å²) in [4.78, 5) is 2.07. The summed E-state index contributed by atoms with van der Waals surface area (Å²) in [6.07, 6.45) is 0. The molecule has 4 nitrogen and oxygen atoms in total. The molecule has 0 radical (unpaired) electrons. The van der Waals surface area contributed by atoms with Gasteiger partial charge in [0.25, 0.3) is 0 Å². The van der Waals surface area contributed by atoms with Gasteiger partial charge in [-0.25, -0.2) is 0 Å². The fraction of sp³-hybridized carbons (Fsp3) is 0.667. The molecule has 0 amide bonds. The largest absolute Gasteiger partial charge is 0.358 e. The summed E-state index contributed by atoms with van der Waals surface area (Å²) in [5.74, 6) is 1.59. The van der Waals surface area contributed by atoms with E-state index in [1.165, 1.54) is 0 Å². The molecule has 0 aliphatic rings. The topological polar surface area (TPSA) is 41.0 Å². The van der Waals surface area contributed by atoms with Crippen LogP contribution < -0.4 is 10.2 Å². The summed E-state index contributed by atoms with van der Waals surface area (Å²) in [5.41, 5.74) is 0.994. The van der Waals surface area contributed by atoms with Crippen LogP contribution in [0.3, 0.4) is 0 Å². The molecule has 1 heterocycles. The summed E-state index contributed by atoms with van der Waals surface area (Å²) in [7, 11) is 2.01. The second-order valence-corrected chi connectivity index (χ2v) is 4.42. The van der Waals surface area contributed by atoms with E-state index in [2.05, 4.69) is 41.2 Å². The predicted octanol–water partition coefficient (Wildman–Crippen LogP) is 1.68. The summed E-state index contributed by atoms with van der Waals surface area (Å²) in [5, 5.41) is 11.7. The van der Waals surface area contributed by atoms with Crippen LogP contribution in [0.2, 0.25) is 0 Å². The molecule has 4 heteroatoms. The number of hydrogen-bond acceptors (Lipinski definition) is 4. The Balaban J connectivity index is 2.45. The molecule has 0 aromatic carbocycles. The molecular formula is C12H22N4. The molecule has 0 fully saturated rings. The summed E-state index contributed by atoms with van der Waals surface area (Å²) in [6.45, 7) is 9.23. The van der Waals surface area contributed by atoms with Crippen LogP contribution in [0.25, 0.3) is 0 Å². The van der Waals surface area contributed by atoms with Gasteiger partial charge in [-0.15, -0.1) is 5.10 Å². The highest BCUT2D eigenvalue weighted by Crippen LogP contribution is 2.06. The van der Waals surface area contributed by atoms with Gasteiger partial charge in [-0.05, 0) is 31.5 Å². The van der Waals surface area contributed by atoms with Gasteiger partial charge >= 0.3 is 0 Å². The van der Waals surface area contributed by atoms with Gasteiger partial charge in [0.15, 0.2) is 5.82 Å². The van der Waals surface area contributed by atoms with Crippen LogP contribution in [0.4, 0.5) is 5.82 Å². The second kappa shape index (κ2) is 6.43. The average molecular weight is 222 g/mol. The minimum atomic E-state index is 0.665. The number of nitrogens with zero attached hydrogens (tertiary/aromatic N) is 3. The lowest BCUT2D eigenvalue weighted by atomic mass is 10.2. The van der Waals surface area contributed by atoms with Crippen LogP contribution in [0.15, 0.2) is 12.1 Å². The smallest absolute Gasteiger partial charge is 0.150 e. The van der Waals surface area contributed by atoms with E-state index in [1.54, 1.807) is 0 Å². The van der Waals surface area contributed by atoms with Crippen LogP contribution in [0.5, 0.6) is 0 Å². The number of anilines is 1. The second-order valence-electron chi connectivity index (χ2n) is 4.42. The molecule has 0 spiro atoms. The van der Waals surface area contributed by atoms with Crippen molar-refractivity contribution in [1.82, 2.24) is 15.5 Å². The number of aromatic nitrogens is 2. The van der Waals surface area contributed by atoms with Gasteiger partial charge in [-0.3, -0.25) is 0 Å². The Morgan fingerprint density at radius 1 is 1.31 bits per heavy atom. The Bertz CT molecular complexity index is 294. The van der Waals surface area contributed by atoms with Crippen molar-refractivity contribution in [2.75, 3.05) is 25.0 Å². The highest BCUT2D eigenvalue weighted by atomic mass is 15.2. The molecule has 0 aliphatic carbocycles. The molecule has 1 N–H and O–H groups in total. The van der Waals surface area contributed by atoms with Gasteiger partial charge in [-0.1, -0.05) is 13.8 Å². The van der Waals surface area contributed by atoms with Gasteiger partial charge in [-0.2, -0.15) is 5.10 Å². The van der Waals surface area contributed by atoms with E-state index in [0.29, 0.717) is 5.92 Å². The summed E-state index contributed by atoms with van der Waals surface area (Å²) < 4.78 is 0. The third kappa shape index (κ3) is 4.14. The third-order valence-corrected chi connectivity index (χ3v) is 2.43. The van der Waals surface area contributed by atoms with Crippen molar-refractivity contribution in [3.05, 3.63) is 17.8 Å². The van der Waals surface area contributed by atoms with Crippen molar-refractivity contribution in [3.63, 3.8) is 0 Å². The van der Waals surface area contributed by atoms with E-state index in [9.17, 15) is 0 Å². The molecule has 0 bridgehead atoms. The Morgan fingerprint density at radius 3 is 2.56 bits per heavy atom. The molecule has 16 heavy (non-hydrogen) atoms. The van der Waals surface area contributed by atoms with E-state index < -0.39 is 0 Å². The molecule has 0 saturated carbocycles. The van der Waals surface area contributed by atoms with E-state index in [0.717, 1.165) is 31.1 Å². The first-order chi connectivity index (χ1) is 7.63.